The number of carboxylic acid groups (broad SMARTS) is 1. The third-order valence-electron chi connectivity index (χ3n) is 4.09. The van der Waals surface area contributed by atoms with Gasteiger partial charge in [0.05, 0.1) is 5.92 Å². The van der Waals surface area contributed by atoms with E-state index in [1.54, 1.807) is 4.90 Å². The maximum Gasteiger partial charge on any atom is 0.410 e. The van der Waals surface area contributed by atoms with Crippen molar-refractivity contribution < 1.29 is 19.4 Å². The van der Waals surface area contributed by atoms with E-state index in [-0.39, 0.29) is 12.0 Å². The van der Waals surface area contributed by atoms with E-state index in [4.69, 9.17) is 4.74 Å². The normalized spacial score (nSPS) is 21.8. The SMILES string of the molecule is Cc1ccc(C2CN(C(=O)OC(C)(C)C)CCC2C(=O)O)cc1. The Balaban J connectivity index is 2.19. The fraction of sp³-hybridized carbons (Fsp3) is 0.556. The summed E-state index contributed by atoms with van der Waals surface area (Å²) in [6.07, 6.45) is 0.0612. The summed E-state index contributed by atoms with van der Waals surface area (Å²) in [6.45, 7) is 8.25. The standard InChI is InChI=1S/C18H25NO4/c1-12-5-7-13(8-6-12)15-11-19(10-9-14(15)16(20)21)17(22)23-18(2,3)4/h5-8,14-15H,9-11H2,1-4H3,(H,20,21). The smallest absolute Gasteiger partial charge is 0.410 e. The highest BCUT2D eigenvalue weighted by molar-refractivity contribution is 5.73. The van der Waals surface area contributed by atoms with Gasteiger partial charge in [0.15, 0.2) is 0 Å². The Morgan fingerprint density at radius 2 is 1.83 bits per heavy atom. The molecule has 0 radical (unpaired) electrons. The van der Waals surface area contributed by atoms with Crippen LogP contribution < -0.4 is 0 Å². The molecule has 2 atom stereocenters. The van der Waals surface area contributed by atoms with Crippen molar-refractivity contribution in [2.24, 2.45) is 5.92 Å². The Kier molecular flexibility index (Phi) is 4.97. The van der Waals surface area contributed by atoms with E-state index in [2.05, 4.69) is 0 Å². The van der Waals surface area contributed by atoms with Crippen molar-refractivity contribution in [2.45, 2.75) is 45.6 Å². The number of carbonyl (C=O) groups excluding carboxylic acids is 1. The van der Waals surface area contributed by atoms with Crippen LogP contribution in [0.4, 0.5) is 4.79 Å². The van der Waals surface area contributed by atoms with Gasteiger partial charge in [0.25, 0.3) is 0 Å². The summed E-state index contributed by atoms with van der Waals surface area (Å²) in [7, 11) is 0. The first kappa shape index (κ1) is 17.3. The molecule has 0 aromatic heterocycles. The number of ether oxygens (including phenoxy) is 1. The number of carbonyl (C=O) groups is 2. The van der Waals surface area contributed by atoms with Gasteiger partial charge in [0.1, 0.15) is 5.60 Å². The molecule has 1 aromatic rings. The van der Waals surface area contributed by atoms with Crippen LogP contribution in [0.15, 0.2) is 24.3 Å². The number of piperidine rings is 1. The first-order valence-corrected chi connectivity index (χ1v) is 7.94. The fourth-order valence-electron chi connectivity index (χ4n) is 2.89. The zero-order valence-electron chi connectivity index (χ0n) is 14.2. The average Bonchev–Trinajstić information content (AvgIpc) is 2.45. The number of nitrogens with zero attached hydrogens (tertiary/aromatic N) is 1. The third kappa shape index (κ3) is 4.47. The molecule has 1 amide bonds. The molecule has 5 nitrogen and oxygen atoms in total. The molecule has 0 bridgehead atoms. The highest BCUT2D eigenvalue weighted by Crippen LogP contribution is 2.33. The van der Waals surface area contributed by atoms with Gasteiger partial charge in [-0.15, -0.1) is 0 Å². The molecule has 126 valence electrons. The summed E-state index contributed by atoms with van der Waals surface area (Å²) in [5.41, 5.74) is 1.52. The molecule has 1 heterocycles. The Labute approximate surface area is 137 Å². The lowest BCUT2D eigenvalue weighted by atomic mass is 9.80. The van der Waals surface area contributed by atoms with E-state index in [0.29, 0.717) is 19.5 Å². The Bertz CT molecular complexity index is 574. The predicted molar refractivity (Wildman–Crippen MR) is 87.5 cm³/mol. The number of carboxylic acids is 1. The number of aryl methyl sites for hydroxylation is 1. The summed E-state index contributed by atoms with van der Waals surface area (Å²) >= 11 is 0. The van der Waals surface area contributed by atoms with Crippen LogP contribution in [0.1, 0.15) is 44.2 Å². The van der Waals surface area contributed by atoms with Crippen LogP contribution in [-0.4, -0.2) is 40.8 Å². The minimum absolute atomic E-state index is 0.214. The molecule has 1 N–H and O–H groups in total. The number of rotatable bonds is 2. The number of amides is 1. The van der Waals surface area contributed by atoms with Crippen molar-refractivity contribution in [2.75, 3.05) is 13.1 Å². The predicted octanol–water partition coefficient (Wildman–Crippen LogP) is 3.42. The lowest BCUT2D eigenvalue weighted by Gasteiger charge is -2.37. The molecule has 0 spiro atoms. The number of benzene rings is 1. The molecule has 23 heavy (non-hydrogen) atoms. The van der Waals surface area contributed by atoms with Crippen LogP contribution in [0.25, 0.3) is 0 Å². The minimum atomic E-state index is -0.806. The molecule has 1 aliphatic rings. The molecule has 1 fully saturated rings. The second-order valence-corrected chi connectivity index (χ2v) is 7.18. The van der Waals surface area contributed by atoms with E-state index >= 15 is 0 Å². The fourth-order valence-corrected chi connectivity index (χ4v) is 2.89. The minimum Gasteiger partial charge on any atom is -0.481 e. The zero-order valence-corrected chi connectivity index (χ0v) is 14.2. The van der Waals surface area contributed by atoms with Gasteiger partial charge in [0.2, 0.25) is 0 Å². The Morgan fingerprint density at radius 1 is 1.22 bits per heavy atom. The average molecular weight is 319 g/mol. The van der Waals surface area contributed by atoms with E-state index in [1.807, 2.05) is 52.0 Å². The van der Waals surface area contributed by atoms with Crippen LogP contribution in [0.2, 0.25) is 0 Å². The topological polar surface area (TPSA) is 66.8 Å². The van der Waals surface area contributed by atoms with Gasteiger partial charge in [-0.2, -0.15) is 0 Å². The van der Waals surface area contributed by atoms with Gasteiger partial charge in [-0.25, -0.2) is 4.79 Å². The van der Waals surface area contributed by atoms with Crippen LogP contribution in [0.5, 0.6) is 0 Å². The summed E-state index contributed by atoms with van der Waals surface area (Å²) < 4.78 is 5.42. The quantitative estimate of drug-likeness (QED) is 0.907. The van der Waals surface area contributed by atoms with E-state index in [0.717, 1.165) is 11.1 Å². The molecular weight excluding hydrogens is 294 g/mol. The molecule has 1 aliphatic heterocycles. The lowest BCUT2D eigenvalue weighted by molar-refractivity contribution is -0.144. The Hall–Kier alpha value is -2.04. The van der Waals surface area contributed by atoms with Gasteiger partial charge in [0, 0.05) is 19.0 Å². The molecule has 1 aromatic carbocycles. The van der Waals surface area contributed by atoms with Gasteiger partial charge < -0.3 is 14.7 Å². The summed E-state index contributed by atoms with van der Waals surface area (Å²) in [5, 5.41) is 9.50. The molecule has 0 aliphatic carbocycles. The number of hydrogen-bond donors (Lipinski definition) is 1. The highest BCUT2D eigenvalue weighted by atomic mass is 16.6. The van der Waals surface area contributed by atoms with Gasteiger partial charge in [-0.3, -0.25) is 4.79 Å². The van der Waals surface area contributed by atoms with Crippen molar-refractivity contribution >= 4 is 12.1 Å². The monoisotopic (exact) mass is 319 g/mol. The summed E-state index contributed by atoms with van der Waals surface area (Å²) in [6, 6.07) is 7.85. The molecule has 5 heteroatoms. The summed E-state index contributed by atoms with van der Waals surface area (Å²) in [5.74, 6) is -1.50. The Morgan fingerprint density at radius 3 is 2.35 bits per heavy atom. The molecule has 0 saturated carbocycles. The molecular formula is C18H25NO4. The van der Waals surface area contributed by atoms with Gasteiger partial charge in [-0.1, -0.05) is 29.8 Å². The first-order valence-electron chi connectivity index (χ1n) is 7.94. The van der Waals surface area contributed by atoms with Gasteiger partial charge >= 0.3 is 12.1 Å². The number of aliphatic carboxylic acids is 1. The van der Waals surface area contributed by atoms with Crippen LogP contribution in [0.3, 0.4) is 0 Å². The third-order valence-corrected chi connectivity index (χ3v) is 4.09. The number of likely N-dealkylation sites (tertiary alicyclic amines) is 1. The first-order chi connectivity index (χ1) is 10.7. The zero-order chi connectivity index (χ0) is 17.2. The maximum atomic E-state index is 12.3. The van der Waals surface area contributed by atoms with E-state index < -0.39 is 17.5 Å². The van der Waals surface area contributed by atoms with E-state index in [1.165, 1.54) is 0 Å². The van der Waals surface area contributed by atoms with Crippen LogP contribution in [-0.2, 0) is 9.53 Å². The second-order valence-electron chi connectivity index (χ2n) is 7.18. The second kappa shape index (κ2) is 6.60. The van der Waals surface area contributed by atoms with Crippen molar-refractivity contribution in [3.8, 4) is 0 Å². The van der Waals surface area contributed by atoms with Crippen molar-refractivity contribution in [3.05, 3.63) is 35.4 Å². The molecule has 1 saturated heterocycles. The van der Waals surface area contributed by atoms with Crippen molar-refractivity contribution in [1.82, 2.24) is 4.90 Å². The van der Waals surface area contributed by atoms with Crippen molar-refractivity contribution in [1.29, 1.82) is 0 Å². The van der Waals surface area contributed by atoms with Crippen LogP contribution >= 0.6 is 0 Å². The summed E-state index contributed by atoms with van der Waals surface area (Å²) in [4.78, 5) is 25.5. The lowest BCUT2D eigenvalue weighted by Crippen LogP contribution is -2.46. The van der Waals surface area contributed by atoms with Crippen LogP contribution in [0, 0.1) is 12.8 Å². The number of hydrogen-bond acceptors (Lipinski definition) is 3. The van der Waals surface area contributed by atoms with E-state index in [9.17, 15) is 14.7 Å². The van der Waals surface area contributed by atoms with Gasteiger partial charge in [-0.05, 0) is 39.7 Å². The largest absolute Gasteiger partial charge is 0.481 e. The van der Waals surface area contributed by atoms with Crippen molar-refractivity contribution in [3.63, 3.8) is 0 Å². The molecule has 2 unspecified atom stereocenters. The molecule has 2 rings (SSSR count). The highest BCUT2D eigenvalue weighted by Gasteiger charge is 2.37. The maximum absolute atomic E-state index is 12.3.